The minimum absolute atomic E-state index is 0.0667. The molecule has 1 saturated heterocycles. The summed E-state index contributed by atoms with van der Waals surface area (Å²) in [6.45, 7) is 0.645. The van der Waals surface area contributed by atoms with E-state index in [0.29, 0.717) is 31.0 Å². The highest BCUT2D eigenvalue weighted by atomic mass is 35.5. The van der Waals surface area contributed by atoms with E-state index in [9.17, 15) is 18.0 Å². The zero-order chi connectivity index (χ0) is 18.6. The van der Waals surface area contributed by atoms with Crippen molar-refractivity contribution in [3.05, 3.63) is 29.3 Å². The van der Waals surface area contributed by atoms with Gasteiger partial charge in [-0.3, -0.25) is 9.59 Å². The number of carbonyl (C=O) groups is 2. The van der Waals surface area contributed by atoms with E-state index >= 15 is 0 Å². The summed E-state index contributed by atoms with van der Waals surface area (Å²) in [6.07, 6.45) is 1.34. The molecule has 25 heavy (non-hydrogen) atoms. The molecule has 0 bridgehead atoms. The maximum absolute atomic E-state index is 12.5. The number of sulfonamides is 1. The summed E-state index contributed by atoms with van der Waals surface area (Å²) in [5.74, 6) is -1.05. The Bertz CT molecular complexity index is 727. The summed E-state index contributed by atoms with van der Waals surface area (Å²) in [5, 5.41) is 9.24. The van der Waals surface area contributed by atoms with Gasteiger partial charge in [-0.05, 0) is 43.0 Å². The number of hydrogen-bond donors (Lipinski definition) is 1. The third kappa shape index (κ3) is 5.17. The monoisotopic (exact) mass is 388 g/mol. The van der Waals surface area contributed by atoms with Crippen LogP contribution in [0.25, 0.3) is 0 Å². The lowest BCUT2D eigenvalue weighted by Crippen LogP contribution is -2.44. The Labute approximate surface area is 152 Å². The fraction of sp³-hybridized carbons (Fsp3) is 0.500. The number of aliphatic carboxylic acids is 1. The maximum Gasteiger partial charge on any atom is 0.303 e. The van der Waals surface area contributed by atoms with Crippen molar-refractivity contribution in [2.75, 3.05) is 26.7 Å². The second kappa shape index (κ2) is 8.16. The van der Waals surface area contributed by atoms with Crippen molar-refractivity contribution in [2.45, 2.75) is 24.2 Å². The number of benzene rings is 1. The molecule has 1 amide bonds. The van der Waals surface area contributed by atoms with Crippen molar-refractivity contribution in [1.82, 2.24) is 9.21 Å². The molecular formula is C16H21ClN2O5S. The van der Waals surface area contributed by atoms with Gasteiger partial charge in [0.15, 0.2) is 0 Å². The molecule has 0 unspecified atom stereocenters. The third-order valence-corrected chi connectivity index (χ3v) is 6.38. The summed E-state index contributed by atoms with van der Waals surface area (Å²) in [5.41, 5.74) is 0. The van der Waals surface area contributed by atoms with Crippen LogP contribution in [0.15, 0.2) is 29.2 Å². The minimum atomic E-state index is -3.77. The molecule has 0 aromatic heterocycles. The number of carboxylic acid groups (broad SMARTS) is 1. The van der Waals surface area contributed by atoms with Crippen LogP contribution in [0.3, 0.4) is 0 Å². The number of rotatable bonds is 6. The Morgan fingerprint density at radius 1 is 1.24 bits per heavy atom. The number of nitrogens with zero attached hydrogens (tertiary/aromatic N) is 2. The van der Waals surface area contributed by atoms with Crippen molar-refractivity contribution in [3.8, 4) is 0 Å². The van der Waals surface area contributed by atoms with Gasteiger partial charge in [0.05, 0.1) is 11.4 Å². The van der Waals surface area contributed by atoms with E-state index in [1.807, 2.05) is 0 Å². The van der Waals surface area contributed by atoms with E-state index in [2.05, 4.69) is 0 Å². The van der Waals surface area contributed by atoms with E-state index in [1.54, 1.807) is 4.90 Å². The highest BCUT2D eigenvalue weighted by Gasteiger charge is 2.28. The van der Waals surface area contributed by atoms with Crippen LogP contribution in [0.2, 0.25) is 5.02 Å². The van der Waals surface area contributed by atoms with Crippen LogP contribution in [-0.2, 0) is 19.6 Å². The fourth-order valence-electron chi connectivity index (χ4n) is 2.80. The van der Waals surface area contributed by atoms with E-state index in [1.165, 1.54) is 31.3 Å². The molecule has 0 aliphatic carbocycles. The molecule has 1 N–H and O–H groups in total. The van der Waals surface area contributed by atoms with E-state index < -0.39 is 16.0 Å². The standard InChI is InChI=1S/C16H21ClN2O5S/c1-18(25(23,24)14-4-2-13(17)3-5-14)11-15(20)19-8-6-12(7-9-19)10-16(21)22/h2-5,12H,6-11H2,1H3,(H,21,22). The lowest BCUT2D eigenvalue weighted by atomic mass is 9.93. The quantitative estimate of drug-likeness (QED) is 0.799. The van der Waals surface area contributed by atoms with Gasteiger partial charge in [-0.2, -0.15) is 4.31 Å². The van der Waals surface area contributed by atoms with Gasteiger partial charge in [0, 0.05) is 31.6 Å². The van der Waals surface area contributed by atoms with E-state index in [0.717, 1.165) is 4.31 Å². The van der Waals surface area contributed by atoms with Crippen molar-refractivity contribution in [1.29, 1.82) is 0 Å². The maximum atomic E-state index is 12.5. The van der Waals surface area contributed by atoms with E-state index in [-0.39, 0.29) is 29.7 Å². The number of likely N-dealkylation sites (N-methyl/N-ethyl adjacent to an activating group) is 1. The first kappa shape index (κ1) is 19.7. The Morgan fingerprint density at radius 3 is 2.32 bits per heavy atom. The lowest BCUT2D eigenvalue weighted by Gasteiger charge is -2.32. The molecule has 9 heteroatoms. The Morgan fingerprint density at radius 2 is 1.80 bits per heavy atom. The lowest BCUT2D eigenvalue weighted by molar-refractivity contribution is -0.138. The van der Waals surface area contributed by atoms with Crippen LogP contribution >= 0.6 is 11.6 Å². The Balaban J connectivity index is 1.94. The van der Waals surface area contributed by atoms with Crippen LogP contribution in [0.4, 0.5) is 0 Å². The van der Waals surface area contributed by atoms with Gasteiger partial charge in [0.25, 0.3) is 0 Å². The first-order chi connectivity index (χ1) is 11.7. The van der Waals surface area contributed by atoms with Gasteiger partial charge < -0.3 is 10.0 Å². The summed E-state index contributed by atoms with van der Waals surface area (Å²) >= 11 is 5.76. The van der Waals surface area contributed by atoms with Crippen molar-refractivity contribution in [3.63, 3.8) is 0 Å². The third-order valence-electron chi connectivity index (χ3n) is 4.31. The normalized spacial score (nSPS) is 16.2. The molecule has 1 aliphatic heterocycles. The number of likely N-dealkylation sites (tertiary alicyclic amines) is 1. The molecule has 2 rings (SSSR count). The smallest absolute Gasteiger partial charge is 0.303 e. The van der Waals surface area contributed by atoms with Crippen LogP contribution in [0.1, 0.15) is 19.3 Å². The number of carbonyl (C=O) groups excluding carboxylic acids is 1. The highest BCUT2D eigenvalue weighted by Crippen LogP contribution is 2.21. The van der Waals surface area contributed by atoms with E-state index in [4.69, 9.17) is 16.7 Å². The minimum Gasteiger partial charge on any atom is -0.481 e. The number of amides is 1. The second-order valence-electron chi connectivity index (χ2n) is 6.14. The molecule has 1 heterocycles. The zero-order valence-electron chi connectivity index (χ0n) is 13.9. The molecular weight excluding hydrogens is 368 g/mol. The Hall–Kier alpha value is -1.64. The predicted molar refractivity (Wildman–Crippen MR) is 92.8 cm³/mol. The molecule has 7 nitrogen and oxygen atoms in total. The van der Waals surface area contributed by atoms with Crippen LogP contribution in [0, 0.1) is 5.92 Å². The van der Waals surface area contributed by atoms with Gasteiger partial charge in [0.2, 0.25) is 15.9 Å². The molecule has 0 radical (unpaired) electrons. The molecule has 138 valence electrons. The first-order valence-corrected chi connectivity index (χ1v) is 9.73. The van der Waals surface area contributed by atoms with Crippen LogP contribution < -0.4 is 0 Å². The number of carboxylic acids is 1. The first-order valence-electron chi connectivity index (χ1n) is 7.91. The number of piperidine rings is 1. The topological polar surface area (TPSA) is 95.0 Å². The molecule has 1 aromatic rings. The van der Waals surface area contributed by atoms with Gasteiger partial charge in [0.1, 0.15) is 0 Å². The molecule has 1 aliphatic rings. The summed E-state index contributed by atoms with van der Waals surface area (Å²) in [7, 11) is -2.41. The molecule has 0 saturated carbocycles. The van der Waals surface area contributed by atoms with Crippen molar-refractivity contribution < 1.29 is 23.1 Å². The average Bonchev–Trinajstić information content (AvgIpc) is 2.55. The zero-order valence-corrected chi connectivity index (χ0v) is 15.5. The Kier molecular flexibility index (Phi) is 6.42. The molecule has 1 aromatic carbocycles. The second-order valence-corrected chi connectivity index (χ2v) is 8.62. The predicted octanol–water partition coefficient (Wildman–Crippen LogP) is 1.67. The molecule has 0 atom stereocenters. The molecule has 0 spiro atoms. The van der Waals surface area contributed by atoms with Crippen molar-refractivity contribution in [2.24, 2.45) is 5.92 Å². The van der Waals surface area contributed by atoms with Crippen molar-refractivity contribution >= 4 is 33.5 Å². The van der Waals surface area contributed by atoms with Gasteiger partial charge in [-0.15, -0.1) is 0 Å². The largest absolute Gasteiger partial charge is 0.481 e. The SMILES string of the molecule is CN(CC(=O)N1CCC(CC(=O)O)CC1)S(=O)(=O)c1ccc(Cl)cc1. The average molecular weight is 389 g/mol. The number of hydrogen-bond acceptors (Lipinski definition) is 4. The number of halogens is 1. The van der Waals surface area contributed by atoms with Gasteiger partial charge >= 0.3 is 5.97 Å². The highest BCUT2D eigenvalue weighted by molar-refractivity contribution is 7.89. The van der Waals surface area contributed by atoms with Gasteiger partial charge in [-0.25, -0.2) is 8.42 Å². The summed E-state index contributed by atoms with van der Waals surface area (Å²) in [4.78, 5) is 24.8. The summed E-state index contributed by atoms with van der Waals surface area (Å²) < 4.78 is 26.0. The van der Waals surface area contributed by atoms with Gasteiger partial charge in [-0.1, -0.05) is 11.6 Å². The summed E-state index contributed by atoms with van der Waals surface area (Å²) in [6, 6.07) is 5.76. The van der Waals surface area contributed by atoms with Crippen LogP contribution in [0.5, 0.6) is 0 Å². The van der Waals surface area contributed by atoms with Crippen LogP contribution in [-0.4, -0.2) is 61.3 Å². The molecule has 1 fully saturated rings. The fourth-order valence-corrected chi connectivity index (χ4v) is 4.04.